The second kappa shape index (κ2) is 11.9. The number of rotatable bonds is 12. The maximum atomic E-state index is 6.14. The zero-order valence-electron chi connectivity index (χ0n) is 18.0. The van der Waals surface area contributed by atoms with Crippen LogP contribution >= 0.6 is 0 Å². The minimum atomic E-state index is -1.76. The lowest BCUT2D eigenvalue weighted by Gasteiger charge is -2.32. The first kappa shape index (κ1) is 22.6. The Bertz CT molecular complexity index is 891. The molecule has 4 rings (SSSR count). The number of aromatic nitrogens is 4. The van der Waals surface area contributed by atoms with Crippen molar-refractivity contribution in [1.82, 2.24) is 19.9 Å². The first-order chi connectivity index (χ1) is 16.3. The minimum absolute atomic E-state index is 0.200. The van der Waals surface area contributed by atoms with Gasteiger partial charge in [-0.3, -0.25) is 38.9 Å². The molecule has 0 fully saturated rings. The second-order valence-corrected chi connectivity index (χ2v) is 7.08. The van der Waals surface area contributed by atoms with Crippen LogP contribution in [0.25, 0.3) is 0 Å². The number of nitrogens with zero attached hydrogens (tertiary/aromatic N) is 4. The lowest BCUT2D eigenvalue weighted by atomic mass is 10.3. The Hall–Kier alpha value is -3.56. The summed E-state index contributed by atoms with van der Waals surface area (Å²) in [5, 5.41) is 0. The highest BCUT2D eigenvalue weighted by molar-refractivity contribution is 5.10. The van der Waals surface area contributed by atoms with Gasteiger partial charge in [0.15, 0.2) is 0 Å². The van der Waals surface area contributed by atoms with Gasteiger partial charge in [0.1, 0.15) is 0 Å². The molecular weight excluding hydrogens is 420 g/mol. The zero-order chi connectivity index (χ0) is 22.6. The van der Waals surface area contributed by atoms with E-state index in [2.05, 4.69) is 19.9 Å². The van der Waals surface area contributed by atoms with E-state index < -0.39 is 6.16 Å². The van der Waals surface area contributed by atoms with Crippen molar-refractivity contribution in [2.45, 2.75) is 32.6 Å². The Morgan fingerprint density at radius 2 is 0.606 bits per heavy atom. The molecule has 0 amide bonds. The van der Waals surface area contributed by atoms with E-state index in [1.165, 1.54) is 0 Å². The molecule has 0 spiro atoms. The number of ether oxygens (including phenoxy) is 4. The monoisotopic (exact) mass is 444 g/mol. The van der Waals surface area contributed by atoms with Gasteiger partial charge in [0, 0.05) is 49.6 Å². The van der Waals surface area contributed by atoms with E-state index in [-0.39, 0.29) is 26.4 Å². The van der Waals surface area contributed by atoms with Crippen LogP contribution in [0.4, 0.5) is 0 Å². The standard InChI is InChI=1S/C25H24N4O4/c1-9-26-10-2-21(1)17-30-25(31-18-22-3-11-27-12-4-22,32-19-23-5-13-28-14-6-23)33-20-24-7-15-29-16-8-24/h1-16H,17-20H2. The summed E-state index contributed by atoms with van der Waals surface area (Å²) in [7, 11) is 0. The number of hydrogen-bond acceptors (Lipinski definition) is 8. The molecule has 0 aromatic carbocycles. The third-order valence-corrected chi connectivity index (χ3v) is 4.66. The summed E-state index contributed by atoms with van der Waals surface area (Å²) >= 11 is 0. The summed E-state index contributed by atoms with van der Waals surface area (Å²) in [6.07, 6.45) is 11.9. The van der Waals surface area contributed by atoms with Crippen molar-refractivity contribution in [2.75, 3.05) is 0 Å². The average Bonchev–Trinajstić information content (AvgIpc) is 2.90. The molecule has 0 unspecified atom stereocenters. The summed E-state index contributed by atoms with van der Waals surface area (Å²) in [5.41, 5.74) is 3.62. The third kappa shape index (κ3) is 7.23. The van der Waals surface area contributed by atoms with Gasteiger partial charge in [-0.15, -0.1) is 0 Å². The molecule has 4 aromatic heterocycles. The van der Waals surface area contributed by atoms with Crippen molar-refractivity contribution < 1.29 is 18.9 Å². The Balaban J connectivity index is 1.56. The van der Waals surface area contributed by atoms with E-state index >= 15 is 0 Å². The van der Waals surface area contributed by atoms with E-state index in [4.69, 9.17) is 18.9 Å². The molecule has 168 valence electrons. The van der Waals surface area contributed by atoms with Gasteiger partial charge in [0.25, 0.3) is 0 Å². The molecule has 0 bridgehead atoms. The van der Waals surface area contributed by atoms with Crippen molar-refractivity contribution >= 4 is 0 Å². The number of hydrogen-bond donors (Lipinski definition) is 0. The quantitative estimate of drug-likeness (QED) is 0.303. The van der Waals surface area contributed by atoms with Gasteiger partial charge in [-0.05, 0) is 70.8 Å². The third-order valence-electron chi connectivity index (χ3n) is 4.66. The van der Waals surface area contributed by atoms with Crippen molar-refractivity contribution in [1.29, 1.82) is 0 Å². The number of pyridine rings is 4. The maximum Gasteiger partial charge on any atom is 0.414 e. The Morgan fingerprint density at radius 1 is 0.394 bits per heavy atom. The highest BCUT2D eigenvalue weighted by Crippen LogP contribution is 2.25. The van der Waals surface area contributed by atoms with Crippen LogP contribution in [0.5, 0.6) is 0 Å². The molecule has 0 aliphatic carbocycles. The lowest BCUT2D eigenvalue weighted by Crippen LogP contribution is -2.42. The normalized spacial score (nSPS) is 11.4. The molecule has 0 aliphatic heterocycles. The van der Waals surface area contributed by atoms with Crippen molar-refractivity contribution in [2.24, 2.45) is 0 Å². The predicted molar refractivity (Wildman–Crippen MR) is 119 cm³/mol. The first-order valence-corrected chi connectivity index (χ1v) is 10.4. The van der Waals surface area contributed by atoms with E-state index in [1.807, 2.05) is 48.5 Å². The Morgan fingerprint density at radius 3 is 0.818 bits per heavy atom. The maximum absolute atomic E-state index is 6.14. The van der Waals surface area contributed by atoms with Gasteiger partial charge < -0.3 is 0 Å². The lowest BCUT2D eigenvalue weighted by molar-refractivity contribution is -0.513. The van der Waals surface area contributed by atoms with Gasteiger partial charge in [0.05, 0.1) is 26.4 Å². The average molecular weight is 444 g/mol. The minimum Gasteiger partial charge on any atom is -0.298 e. The summed E-state index contributed by atoms with van der Waals surface area (Å²) in [5.74, 6) is 0. The van der Waals surface area contributed by atoms with Crippen LogP contribution in [0.2, 0.25) is 0 Å². The molecule has 4 aromatic rings. The molecular formula is C25H24N4O4. The molecule has 0 saturated carbocycles. The molecule has 33 heavy (non-hydrogen) atoms. The highest BCUT2D eigenvalue weighted by atomic mass is 17.0. The van der Waals surface area contributed by atoms with Crippen LogP contribution in [-0.2, 0) is 45.4 Å². The molecule has 0 radical (unpaired) electrons. The van der Waals surface area contributed by atoms with Crippen LogP contribution in [0.15, 0.2) is 98.1 Å². The smallest absolute Gasteiger partial charge is 0.298 e. The topological polar surface area (TPSA) is 88.5 Å². The summed E-state index contributed by atoms with van der Waals surface area (Å²) in [4.78, 5) is 16.2. The predicted octanol–water partition coefficient (Wildman–Crippen LogP) is 4.04. The second-order valence-electron chi connectivity index (χ2n) is 7.08. The Kier molecular flexibility index (Phi) is 8.15. The van der Waals surface area contributed by atoms with E-state index in [9.17, 15) is 0 Å². The van der Waals surface area contributed by atoms with Crippen LogP contribution in [0.3, 0.4) is 0 Å². The van der Waals surface area contributed by atoms with E-state index in [0.717, 1.165) is 22.3 Å². The van der Waals surface area contributed by atoms with Crippen molar-refractivity contribution in [3.05, 3.63) is 120 Å². The molecule has 0 aliphatic rings. The van der Waals surface area contributed by atoms with Crippen molar-refractivity contribution in [3.63, 3.8) is 0 Å². The van der Waals surface area contributed by atoms with Crippen LogP contribution < -0.4 is 0 Å². The largest absolute Gasteiger partial charge is 0.414 e. The molecule has 0 saturated heterocycles. The van der Waals surface area contributed by atoms with Crippen molar-refractivity contribution in [3.8, 4) is 0 Å². The van der Waals surface area contributed by atoms with Gasteiger partial charge >= 0.3 is 6.16 Å². The van der Waals surface area contributed by atoms with Gasteiger partial charge in [-0.2, -0.15) is 0 Å². The highest BCUT2D eigenvalue weighted by Gasteiger charge is 2.36. The molecule has 0 N–H and O–H groups in total. The molecule has 0 atom stereocenters. The fourth-order valence-corrected chi connectivity index (χ4v) is 2.85. The Labute approximate surface area is 192 Å². The first-order valence-electron chi connectivity index (χ1n) is 10.4. The van der Waals surface area contributed by atoms with Gasteiger partial charge in [-0.1, -0.05) is 0 Å². The van der Waals surface area contributed by atoms with Crippen LogP contribution in [0.1, 0.15) is 22.3 Å². The molecule has 8 nitrogen and oxygen atoms in total. The van der Waals surface area contributed by atoms with Gasteiger partial charge in [0.2, 0.25) is 0 Å². The fraction of sp³-hybridized carbons (Fsp3) is 0.200. The summed E-state index contributed by atoms with van der Waals surface area (Å²) in [6.45, 7) is 0.800. The summed E-state index contributed by atoms with van der Waals surface area (Å²) < 4.78 is 24.6. The SMILES string of the molecule is c1cc(COC(OCc2ccncc2)(OCc2ccncc2)OCc2ccncc2)ccn1. The zero-order valence-corrected chi connectivity index (χ0v) is 18.0. The van der Waals surface area contributed by atoms with E-state index in [1.54, 1.807) is 49.6 Å². The van der Waals surface area contributed by atoms with Crippen LogP contribution in [-0.4, -0.2) is 26.1 Å². The summed E-state index contributed by atoms with van der Waals surface area (Å²) in [6, 6.07) is 14.9. The van der Waals surface area contributed by atoms with Crippen LogP contribution in [0, 0.1) is 0 Å². The van der Waals surface area contributed by atoms with E-state index in [0.29, 0.717) is 0 Å². The fourth-order valence-electron chi connectivity index (χ4n) is 2.85. The molecule has 4 heterocycles. The van der Waals surface area contributed by atoms with Gasteiger partial charge in [-0.25, -0.2) is 0 Å². The molecule has 8 heteroatoms.